The third-order valence-electron chi connectivity index (χ3n) is 3.51. The predicted molar refractivity (Wildman–Crippen MR) is 76.3 cm³/mol. The van der Waals surface area contributed by atoms with Crippen LogP contribution in [0.15, 0.2) is 30.3 Å². The van der Waals surface area contributed by atoms with Crippen molar-refractivity contribution >= 4 is 5.91 Å². The first kappa shape index (κ1) is 13.6. The highest BCUT2D eigenvalue weighted by Crippen LogP contribution is 2.20. The van der Waals surface area contributed by atoms with Gasteiger partial charge in [-0.25, -0.2) is 0 Å². The van der Waals surface area contributed by atoms with E-state index in [0.717, 1.165) is 19.5 Å². The summed E-state index contributed by atoms with van der Waals surface area (Å²) in [6, 6.07) is 11.1. The molecular formula is C16H20N2O. The van der Waals surface area contributed by atoms with Crippen LogP contribution in [0, 0.1) is 11.8 Å². The van der Waals surface area contributed by atoms with E-state index in [1.807, 2.05) is 6.07 Å². The van der Waals surface area contributed by atoms with Crippen molar-refractivity contribution in [2.45, 2.75) is 38.9 Å². The van der Waals surface area contributed by atoms with Crippen molar-refractivity contribution in [1.29, 1.82) is 0 Å². The van der Waals surface area contributed by atoms with Gasteiger partial charge in [0.1, 0.15) is 0 Å². The van der Waals surface area contributed by atoms with E-state index < -0.39 is 0 Å². The Morgan fingerprint density at radius 3 is 2.84 bits per heavy atom. The molecule has 1 N–H and O–H groups in total. The summed E-state index contributed by atoms with van der Waals surface area (Å²) in [5.41, 5.74) is 1.31. The molecule has 1 aromatic carbocycles. The molecule has 0 aliphatic carbocycles. The number of hydrogen-bond donors (Lipinski definition) is 1. The summed E-state index contributed by atoms with van der Waals surface area (Å²) in [6.45, 7) is 5.72. The monoisotopic (exact) mass is 256 g/mol. The summed E-state index contributed by atoms with van der Waals surface area (Å²) in [5, 5.41) is 2.97. The molecular weight excluding hydrogens is 236 g/mol. The van der Waals surface area contributed by atoms with Crippen molar-refractivity contribution in [1.82, 2.24) is 10.2 Å². The Balaban J connectivity index is 1.90. The lowest BCUT2D eigenvalue weighted by molar-refractivity contribution is -0.116. The summed E-state index contributed by atoms with van der Waals surface area (Å²) >= 11 is 0. The topological polar surface area (TPSA) is 32.3 Å². The van der Waals surface area contributed by atoms with Gasteiger partial charge in [0.2, 0.25) is 0 Å². The van der Waals surface area contributed by atoms with Crippen LogP contribution in [0.2, 0.25) is 0 Å². The number of nitrogens with one attached hydrogen (secondary N) is 1. The van der Waals surface area contributed by atoms with E-state index in [9.17, 15) is 4.79 Å². The molecule has 1 amide bonds. The van der Waals surface area contributed by atoms with Crippen LogP contribution in [-0.2, 0) is 11.3 Å². The fourth-order valence-corrected chi connectivity index (χ4v) is 2.58. The molecule has 1 aliphatic heterocycles. The zero-order valence-electron chi connectivity index (χ0n) is 11.5. The van der Waals surface area contributed by atoms with Gasteiger partial charge in [-0.05, 0) is 31.8 Å². The van der Waals surface area contributed by atoms with Crippen LogP contribution in [0.4, 0.5) is 0 Å². The number of rotatable bonds is 3. The second-order valence-corrected chi connectivity index (χ2v) is 5.05. The quantitative estimate of drug-likeness (QED) is 0.836. The molecule has 19 heavy (non-hydrogen) atoms. The van der Waals surface area contributed by atoms with Gasteiger partial charge in [-0.3, -0.25) is 9.69 Å². The Morgan fingerprint density at radius 1 is 1.42 bits per heavy atom. The molecule has 100 valence electrons. The zero-order valence-corrected chi connectivity index (χ0v) is 11.5. The zero-order chi connectivity index (χ0) is 13.7. The number of carbonyl (C=O) groups is 1. The van der Waals surface area contributed by atoms with E-state index in [-0.39, 0.29) is 11.9 Å². The Bertz CT molecular complexity index is 486. The highest BCUT2D eigenvalue weighted by atomic mass is 16.1. The Labute approximate surface area is 115 Å². The highest BCUT2D eigenvalue weighted by molar-refractivity contribution is 5.93. The minimum Gasteiger partial charge on any atom is -0.341 e. The smallest absolute Gasteiger partial charge is 0.296 e. The molecule has 1 fully saturated rings. The molecule has 0 unspecified atom stereocenters. The fourth-order valence-electron chi connectivity index (χ4n) is 2.58. The van der Waals surface area contributed by atoms with Gasteiger partial charge >= 0.3 is 0 Å². The van der Waals surface area contributed by atoms with Gasteiger partial charge in [0, 0.05) is 25.2 Å². The fraction of sp³-hybridized carbons (Fsp3) is 0.438. The van der Waals surface area contributed by atoms with E-state index in [1.165, 1.54) is 5.56 Å². The molecule has 0 saturated carbocycles. The van der Waals surface area contributed by atoms with Crippen LogP contribution < -0.4 is 5.32 Å². The van der Waals surface area contributed by atoms with Crippen molar-refractivity contribution in [2.24, 2.45) is 0 Å². The molecule has 0 spiro atoms. The third-order valence-corrected chi connectivity index (χ3v) is 3.51. The molecule has 1 aliphatic rings. The lowest BCUT2D eigenvalue weighted by Crippen LogP contribution is -2.36. The largest absolute Gasteiger partial charge is 0.341 e. The molecule has 0 aromatic heterocycles. The van der Waals surface area contributed by atoms with Crippen LogP contribution in [0.3, 0.4) is 0 Å². The molecule has 0 bridgehead atoms. The van der Waals surface area contributed by atoms with Crippen LogP contribution >= 0.6 is 0 Å². The van der Waals surface area contributed by atoms with Crippen molar-refractivity contribution in [3.8, 4) is 11.8 Å². The highest BCUT2D eigenvalue weighted by Gasteiger charge is 2.29. The molecule has 0 radical (unpaired) electrons. The first-order valence-corrected chi connectivity index (χ1v) is 6.70. The van der Waals surface area contributed by atoms with Gasteiger partial charge in [0.05, 0.1) is 0 Å². The summed E-state index contributed by atoms with van der Waals surface area (Å²) in [4.78, 5) is 13.9. The number of amides is 1. The number of carbonyl (C=O) groups excluding carboxylic acids is 1. The Kier molecular flexibility index (Phi) is 4.59. The number of benzene rings is 1. The van der Waals surface area contributed by atoms with Crippen molar-refractivity contribution in [3.05, 3.63) is 35.9 Å². The molecule has 2 rings (SSSR count). The Hall–Kier alpha value is -1.79. The third kappa shape index (κ3) is 3.84. The molecule has 3 nitrogen and oxygen atoms in total. The van der Waals surface area contributed by atoms with Gasteiger partial charge in [0.15, 0.2) is 0 Å². The summed E-state index contributed by atoms with van der Waals surface area (Å²) in [7, 11) is 0. The van der Waals surface area contributed by atoms with Crippen molar-refractivity contribution in [3.63, 3.8) is 0 Å². The average molecular weight is 256 g/mol. The average Bonchev–Trinajstić information content (AvgIpc) is 2.71. The SMILES string of the molecule is CC#CC(=O)N[C@@H]1C[C@@H](C)N(Cc2ccccc2)C1. The maximum Gasteiger partial charge on any atom is 0.296 e. The predicted octanol–water partition coefficient (Wildman–Crippen LogP) is 1.79. The molecule has 1 saturated heterocycles. The van der Waals surface area contributed by atoms with Gasteiger partial charge in [-0.15, -0.1) is 0 Å². The van der Waals surface area contributed by atoms with Crippen molar-refractivity contribution < 1.29 is 4.79 Å². The van der Waals surface area contributed by atoms with E-state index in [2.05, 4.69) is 53.2 Å². The second-order valence-electron chi connectivity index (χ2n) is 5.05. The van der Waals surface area contributed by atoms with Gasteiger partial charge in [-0.2, -0.15) is 0 Å². The van der Waals surface area contributed by atoms with Crippen LogP contribution in [0.25, 0.3) is 0 Å². The number of likely N-dealkylation sites (tertiary alicyclic amines) is 1. The molecule has 1 aromatic rings. The molecule has 2 atom stereocenters. The van der Waals surface area contributed by atoms with E-state index in [4.69, 9.17) is 0 Å². The Morgan fingerprint density at radius 2 is 2.16 bits per heavy atom. The standard InChI is InChI=1S/C16H20N2O/c1-3-7-16(19)17-15-10-13(2)18(12-15)11-14-8-5-4-6-9-14/h4-6,8-9,13,15H,10-12H2,1-2H3,(H,17,19)/t13-,15-/m1/s1. The minimum absolute atomic E-state index is 0.165. The normalized spacial score (nSPS) is 22.6. The van der Waals surface area contributed by atoms with E-state index >= 15 is 0 Å². The van der Waals surface area contributed by atoms with Gasteiger partial charge in [0.25, 0.3) is 5.91 Å². The van der Waals surface area contributed by atoms with Crippen molar-refractivity contribution in [2.75, 3.05) is 6.54 Å². The van der Waals surface area contributed by atoms with Gasteiger partial charge < -0.3 is 5.32 Å². The molecule has 3 heteroatoms. The summed E-state index contributed by atoms with van der Waals surface area (Å²) < 4.78 is 0. The van der Waals surface area contributed by atoms with Crippen LogP contribution in [-0.4, -0.2) is 29.4 Å². The minimum atomic E-state index is -0.165. The van der Waals surface area contributed by atoms with Crippen LogP contribution in [0.5, 0.6) is 0 Å². The first-order chi connectivity index (χ1) is 9.19. The lowest BCUT2D eigenvalue weighted by Gasteiger charge is -2.20. The lowest BCUT2D eigenvalue weighted by atomic mass is 10.2. The maximum absolute atomic E-state index is 11.5. The second kappa shape index (κ2) is 6.40. The maximum atomic E-state index is 11.5. The van der Waals surface area contributed by atoms with E-state index in [0.29, 0.717) is 6.04 Å². The first-order valence-electron chi connectivity index (χ1n) is 6.70. The van der Waals surface area contributed by atoms with E-state index in [1.54, 1.807) is 6.92 Å². The molecule has 1 heterocycles. The summed E-state index contributed by atoms with van der Waals surface area (Å²) in [5.74, 6) is 5.00. The summed E-state index contributed by atoms with van der Waals surface area (Å²) in [6.07, 6.45) is 0.990. The number of hydrogen-bond acceptors (Lipinski definition) is 2. The van der Waals surface area contributed by atoms with Gasteiger partial charge in [-0.1, -0.05) is 36.3 Å². The van der Waals surface area contributed by atoms with Crippen LogP contribution in [0.1, 0.15) is 25.8 Å². The number of nitrogens with zero attached hydrogens (tertiary/aromatic N) is 1.